The standard InChI is InChI=1S/C17H25FN6O3S2/c1-12-6-15(29(26,27)23-16-21-11-22-28-16)13(18)7-14(12)20-4-2-3-5-24-9-17(25,8-19)10-24/h6-7,11,20,25H,2-5,8-10,19H2,1H3,(H,21,22,23). The van der Waals surface area contributed by atoms with Gasteiger partial charge in [0.15, 0.2) is 0 Å². The summed E-state index contributed by atoms with van der Waals surface area (Å²) in [5.41, 5.74) is 5.95. The number of β-amino-alcohol motifs (C(OH)–C–C–N with tert-alkyl or cyclic N) is 1. The van der Waals surface area contributed by atoms with Crippen LogP contribution in [0.15, 0.2) is 23.4 Å². The molecule has 1 fully saturated rings. The van der Waals surface area contributed by atoms with E-state index in [9.17, 15) is 17.9 Å². The molecule has 0 saturated carbocycles. The molecule has 0 atom stereocenters. The summed E-state index contributed by atoms with van der Waals surface area (Å²) in [7, 11) is -4.08. The van der Waals surface area contributed by atoms with Crippen LogP contribution in [0.5, 0.6) is 0 Å². The molecule has 0 bridgehead atoms. The van der Waals surface area contributed by atoms with Crippen LogP contribution in [0, 0.1) is 12.7 Å². The van der Waals surface area contributed by atoms with Crippen molar-refractivity contribution in [1.82, 2.24) is 14.3 Å². The number of unbranched alkanes of at least 4 members (excludes halogenated alkanes) is 1. The van der Waals surface area contributed by atoms with Crippen LogP contribution in [0.3, 0.4) is 0 Å². The summed E-state index contributed by atoms with van der Waals surface area (Å²) in [5.74, 6) is -0.836. The second-order valence-corrected chi connectivity index (χ2v) is 9.65. The van der Waals surface area contributed by atoms with Crippen molar-refractivity contribution in [1.29, 1.82) is 0 Å². The summed E-state index contributed by atoms with van der Waals surface area (Å²) in [4.78, 5) is 5.46. The van der Waals surface area contributed by atoms with Crippen molar-refractivity contribution in [2.75, 3.05) is 42.8 Å². The SMILES string of the molecule is Cc1cc(S(=O)(=O)Nc2ncns2)c(F)cc1NCCCCN1CC(O)(CN)C1. The summed E-state index contributed by atoms with van der Waals surface area (Å²) in [6, 6.07) is 2.50. The molecule has 3 rings (SSSR count). The quantitative estimate of drug-likeness (QED) is 0.399. The molecule has 1 aromatic carbocycles. The van der Waals surface area contributed by atoms with Gasteiger partial charge >= 0.3 is 0 Å². The first kappa shape index (κ1) is 21.8. The molecule has 2 heterocycles. The van der Waals surface area contributed by atoms with Gasteiger partial charge in [0.25, 0.3) is 10.0 Å². The van der Waals surface area contributed by atoms with Crippen molar-refractivity contribution < 1.29 is 17.9 Å². The molecular weight excluding hydrogens is 419 g/mol. The number of sulfonamides is 1. The second kappa shape index (κ2) is 8.88. The van der Waals surface area contributed by atoms with Gasteiger partial charge in [0, 0.05) is 43.4 Å². The lowest BCUT2D eigenvalue weighted by Gasteiger charge is -2.46. The van der Waals surface area contributed by atoms with Crippen LogP contribution < -0.4 is 15.8 Å². The summed E-state index contributed by atoms with van der Waals surface area (Å²) in [6.07, 6.45) is 3.00. The molecule has 160 valence electrons. The van der Waals surface area contributed by atoms with E-state index in [1.165, 1.54) is 18.5 Å². The molecule has 29 heavy (non-hydrogen) atoms. The Kier molecular flexibility index (Phi) is 6.69. The van der Waals surface area contributed by atoms with E-state index in [1.54, 1.807) is 6.92 Å². The van der Waals surface area contributed by atoms with Gasteiger partial charge in [-0.05, 0) is 44.0 Å². The summed E-state index contributed by atoms with van der Waals surface area (Å²) >= 11 is 0.872. The average molecular weight is 445 g/mol. The third kappa shape index (κ3) is 5.39. The van der Waals surface area contributed by atoms with E-state index in [0.29, 0.717) is 30.9 Å². The van der Waals surface area contributed by atoms with Crippen LogP contribution in [-0.2, 0) is 10.0 Å². The van der Waals surface area contributed by atoms with Gasteiger partial charge in [-0.2, -0.15) is 4.37 Å². The minimum absolute atomic E-state index is 0.0800. The molecule has 5 N–H and O–H groups in total. The van der Waals surface area contributed by atoms with E-state index in [1.807, 2.05) is 0 Å². The number of nitrogens with zero attached hydrogens (tertiary/aromatic N) is 3. The van der Waals surface area contributed by atoms with E-state index < -0.39 is 26.3 Å². The number of halogens is 1. The lowest BCUT2D eigenvalue weighted by atomic mass is 9.94. The normalized spacial score (nSPS) is 16.4. The van der Waals surface area contributed by atoms with Crippen molar-refractivity contribution in [3.8, 4) is 0 Å². The zero-order valence-electron chi connectivity index (χ0n) is 16.1. The number of aliphatic hydroxyl groups is 1. The van der Waals surface area contributed by atoms with E-state index >= 15 is 0 Å². The number of nitrogens with two attached hydrogens (primary N) is 1. The molecule has 0 spiro atoms. The zero-order chi connectivity index (χ0) is 21.1. The number of hydrogen-bond donors (Lipinski definition) is 4. The number of aryl methyl sites for hydroxylation is 1. The third-order valence-electron chi connectivity index (χ3n) is 4.78. The summed E-state index contributed by atoms with van der Waals surface area (Å²) in [5, 5.41) is 13.1. The number of anilines is 2. The largest absolute Gasteiger partial charge is 0.386 e. The smallest absolute Gasteiger partial charge is 0.266 e. The molecule has 0 amide bonds. The summed E-state index contributed by atoms with van der Waals surface area (Å²) in [6.45, 7) is 4.69. The number of rotatable bonds is 10. The minimum atomic E-state index is -4.08. The van der Waals surface area contributed by atoms with Gasteiger partial charge in [-0.1, -0.05) is 0 Å². The van der Waals surface area contributed by atoms with Crippen LogP contribution in [-0.4, -0.2) is 66.1 Å². The van der Waals surface area contributed by atoms with Crippen molar-refractivity contribution in [3.63, 3.8) is 0 Å². The Morgan fingerprint density at radius 1 is 1.38 bits per heavy atom. The van der Waals surface area contributed by atoms with Crippen LogP contribution in [0.4, 0.5) is 15.2 Å². The first-order valence-corrected chi connectivity index (χ1v) is 11.5. The molecule has 1 aromatic heterocycles. The molecular formula is C17H25FN6O3S2. The first-order chi connectivity index (χ1) is 13.7. The second-order valence-electron chi connectivity index (χ2n) is 7.22. The third-order valence-corrected chi connectivity index (χ3v) is 6.85. The van der Waals surface area contributed by atoms with Crippen molar-refractivity contribution in [2.24, 2.45) is 5.73 Å². The monoisotopic (exact) mass is 444 g/mol. The Balaban J connectivity index is 1.50. The molecule has 1 saturated heterocycles. The molecule has 12 heteroatoms. The predicted molar refractivity (Wildman–Crippen MR) is 110 cm³/mol. The molecule has 0 unspecified atom stereocenters. The van der Waals surface area contributed by atoms with Gasteiger partial charge < -0.3 is 16.2 Å². The van der Waals surface area contributed by atoms with E-state index in [-0.39, 0.29) is 11.7 Å². The van der Waals surface area contributed by atoms with Gasteiger partial charge in [0.2, 0.25) is 5.13 Å². The highest BCUT2D eigenvalue weighted by Gasteiger charge is 2.39. The van der Waals surface area contributed by atoms with Gasteiger partial charge in [-0.3, -0.25) is 9.62 Å². The van der Waals surface area contributed by atoms with Crippen LogP contribution in [0.2, 0.25) is 0 Å². The Morgan fingerprint density at radius 3 is 2.79 bits per heavy atom. The van der Waals surface area contributed by atoms with Gasteiger partial charge in [0.1, 0.15) is 22.6 Å². The van der Waals surface area contributed by atoms with Crippen LogP contribution >= 0.6 is 11.5 Å². The zero-order valence-corrected chi connectivity index (χ0v) is 17.7. The Hall–Kier alpha value is -1.86. The number of hydrogen-bond acceptors (Lipinski definition) is 9. The minimum Gasteiger partial charge on any atom is -0.386 e. The maximum Gasteiger partial charge on any atom is 0.266 e. The maximum atomic E-state index is 14.5. The fourth-order valence-corrected chi connectivity index (χ4v) is 5.00. The highest BCUT2D eigenvalue weighted by Crippen LogP contribution is 2.26. The van der Waals surface area contributed by atoms with Gasteiger partial charge in [-0.15, -0.1) is 0 Å². The molecule has 9 nitrogen and oxygen atoms in total. The number of aromatic nitrogens is 2. The highest BCUT2D eigenvalue weighted by atomic mass is 32.2. The fraction of sp³-hybridized carbons (Fsp3) is 0.529. The van der Waals surface area contributed by atoms with Crippen molar-refractivity contribution in [3.05, 3.63) is 29.8 Å². The van der Waals surface area contributed by atoms with Crippen LogP contribution in [0.25, 0.3) is 0 Å². The van der Waals surface area contributed by atoms with Gasteiger partial charge in [-0.25, -0.2) is 17.8 Å². The van der Waals surface area contributed by atoms with Crippen LogP contribution in [0.1, 0.15) is 18.4 Å². The molecule has 1 aliphatic rings. The fourth-order valence-electron chi connectivity index (χ4n) is 3.20. The van der Waals surface area contributed by atoms with Gasteiger partial charge in [0.05, 0.1) is 0 Å². The molecule has 0 radical (unpaired) electrons. The highest BCUT2D eigenvalue weighted by molar-refractivity contribution is 7.93. The Morgan fingerprint density at radius 2 is 2.14 bits per heavy atom. The molecule has 1 aliphatic heterocycles. The first-order valence-electron chi connectivity index (χ1n) is 9.21. The lowest BCUT2D eigenvalue weighted by Crippen LogP contribution is -2.65. The average Bonchev–Trinajstić information content (AvgIpc) is 3.14. The number of benzene rings is 1. The van der Waals surface area contributed by atoms with E-state index in [0.717, 1.165) is 30.9 Å². The topological polar surface area (TPSA) is 133 Å². The lowest BCUT2D eigenvalue weighted by molar-refractivity contribution is -0.0900. The maximum absolute atomic E-state index is 14.5. The Bertz CT molecular complexity index is 933. The summed E-state index contributed by atoms with van der Waals surface area (Å²) < 4.78 is 45.2. The number of nitrogens with one attached hydrogen (secondary N) is 2. The van der Waals surface area contributed by atoms with Crippen molar-refractivity contribution >= 4 is 32.4 Å². The molecule has 2 aromatic rings. The van der Waals surface area contributed by atoms with E-state index in [2.05, 4.69) is 24.3 Å². The Labute approximate surface area is 173 Å². The molecule has 0 aliphatic carbocycles. The number of likely N-dealkylation sites (tertiary alicyclic amines) is 1. The van der Waals surface area contributed by atoms with Crippen molar-refractivity contribution in [2.45, 2.75) is 30.3 Å². The van der Waals surface area contributed by atoms with E-state index in [4.69, 9.17) is 5.73 Å². The predicted octanol–water partition coefficient (Wildman–Crippen LogP) is 0.984.